The molecule has 5 rings (SSSR count). The molecule has 1 aliphatic rings. The van der Waals surface area contributed by atoms with Crippen molar-refractivity contribution < 1.29 is 0 Å². The van der Waals surface area contributed by atoms with Crippen LogP contribution in [0.25, 0.3) is 15.7 Å². The number of nitrogens with zero attached hydrogens (tertiary/aromatic N) is 5. The number of rotatable bonds is 6. The molecule has 8 heteroatoms. The first-order valence-electron chi connectivity index (χ1n) is 10.4. The van der Waals surface area contributed by atoms with Gasteiger partial charge in [0.2, 0.25) is 0 Å². The number of pyridine rings is 1. The predicted molar refractivity (Wildman–Crippen MR) is 124 cm³/mol. The summed E-state index contributed by atoms with van der Waals surface area (Å²) in [5.74, 6) is 0. The standard InChI is InChI=1S/C22H24ClN5OS/c23-17-6-7-21-24-28(22(29)27(21)16-17)10-2-1-9-25-11-13-26(14-12-25)19-4-3-5-20-18(19)8-15-30-20/h3-8,15-16H,1-2,9-14H2. The Balaban J connectivity index is 1.12. The molecule has 30 heavy (non-hydrogen) atoms. The number of hydrogen-bond acceptors (Lipinski definition) is 5. The van der Waals surface area contributed by atoms with Crippen molar-refractivity contribution in [3.8, 4) is 0 Å². The largest absolute Gasteiger partial charge is 0.368 e. The molecule has 3 aromatic heterocycles. The third-order valence-electron chi connectivity index (χ3n) is 5.82. The number of piperazine rings is 1. The van der Waals surface area contributed by atoms with Crippen molar-refractivity contribution in [2.45, 2.75) is 19.4 Å². The Kier molecular flexibility index (Phi) is 5.50. The van der Waals surface area contributed by atoms with Crippen LogP contribution in [0.15, 0.2) is 52.8 Å². The molecule has 0 radical (unpaired) electrons. The van der Waals surface area contributed by atoms with Crippen LogP contribution in [0, 0.1) is 0 Å². The third-order valence-corrected chi connectivity index (χ3v) is 6.93. The summed E-state index contributed by atoms with van der Waals surface area (Å²) >= 11 is 7.79. The van der Waals surface area contributed by atoms with E-state index in [4.69, 9.17) is 11.6 Å². The average molecular weight is 442 g/mol. The Hall–Kier alpha value is -2.35. The first kappa shape index (κ1) is 19.6. The molecule has 156 valence electrons. The molecule has 1 fully saturated rings. The van der Waals surface area contributed by atoms with Gasteiger partial charge in [0.05, 0.1) is 5.02 Å². The van der Waals surface area contributed by atoms with Crippen molar-refractivity contribution in [1.82, 2.24) is 19.1 Å². The lowest BCUT2D eigenvalue weighted by Crippen LogP contribution is -2.46. The Morgan fingerprint density at radius 3 is 2.70 bits per heavy atom. The van der Waals surface area contributed by atoms with Crippen LogP contribution in [0.5, 0.6) is 0 Å². The van der Waals surface area contributed by atoms with Crippen molar-refractivity contribution in [3.63, 3.8) is 0 Å². The van der Waals surface area contributed by atoms with Crippen LogP contribution in [-0.4, -0.2) is 51.8 Å². The molecular weight excluding hydrogens is 418 g/mol. The lowest BCUT2D eigenvalue weighted by molar-refractivity contribution is 0.251. The van der Waals surface area contributed by atoms with Gasteiger partial charge in [-0.2, -0.15) is 0 Å². The van der Waals surface area contributed by atoms with Gasteiger partial charge in [-0.15, -0.1) is 16.4 Å². The number of hydrogen-bond donors (Lipinski definition) is 0. The molecule has 1 saturated heterocycles. The highest BCUT2D eigenvalue weighted by Crippen LogP contribution is 2.31. The molecule has 0 unspecified atom stereocenters. The number of thiophene rings is 1. The first-order chi connectivity index (χ1) is 14.7. The van der Waals surface area contributed by atoms with Crippen LogP contribution in [0.2, 0.25) is 5.02 Å². The van der Waals surface area contributed by atoms with Crippen LogP contribution < -0.4 is 10.6 Å². The van der Waals surface area contributed by atoms with Crippen molar-refractivity contribution in [2.24, 2.45) is 0 Å². The predicted octanol–water partition coefficient (Wildman–Crippen LogP) is 3.97. The monoisotopic (exact) mass is 441 g/mol. The zero-order valence-electron chi connectivity index (χ0n) is 16.7. The van der Waals surface area contributed by atoms with Gasteiger partial charge in [-0.3, -0.25) is 4.90 Å². The number of halogens is 1. The SMILES string of the molecule is O=c1n(CCCCN2CCN(c3cccc4sccc34)CC2)nc2ccc(Cl)cn12. The minimum absolute atomic E-state index is 0.122. The maximum absolute atomic E-state index is 12.4. The summed E-state index contributed by atoms with van der Waals surface area (Å²) in [6.07, 6.45) is 3.62. The number of benzene rings is 1. The molecule has 1 aromatic carbocycles. The molecular formula is C22H24ClN5OS. The van der Waals surface area contributed by atoms with E-state index < -0.39 is 0 Å². The Morgan fingerprint density at radius 2 is 1.83 bits per heavy atom. The molecule has 0 aliphatic carbocycles. The smallest absolute Gasteiger partial charge is 0.350 e. The first-order valence-corrected chi connectivity index (χ1v) is 11.6. The topological polar surface area (TPSA) is 45.8 Å². The van der Waals surface area contributed by atoms with Crippen molar-refractivity contribution in [1.29, 1.82) is 0 Å². The average Bonchev–Trinajstić information content (AvgIpc) is 3.37. The van der Waals surface area contributed by atoms with Gasteiger partial charge in [-0.25, -0.2) is 13.9 Å². The third kappa shape index (κ3) is 3.85. The van der Waals surface area contributed by atoms with Crippen LogP contribution >= 0.6 is 22.9 Å². The molecule has 0 spiro atoms. The maximum atomic E-state index is 12.4. The summed E-state index contributed by atoms with van der Waals surface area (Å²) in [4.78, 5) is 17.4. The van der Waals surface area contributed by atoms with Crippen molar-refractivity contribution >= 4 is 44.4 Å². The van der Waals surface area contributed by atoms with E-state index in [9.17, 15) is 4.79 Å². The molecule has 0 saturated carbocycles. The van der Waals surface area contributed by atoms with E-state index in [1.807, 2.05) is 0 Å². The van der Waals surface area contributed by atoms with Gasteiger partial charge < -0.3 is 4.90 Å². The normalized spacial score (nSPS) is 15.4. The Morgan fingerprint density at radius 1 is 1.00 bits per heavy atom. The number of fused-ring (bicyclic) bond motifs is 2. The van der Waals surface area contributed by atoms with Gasteiger partial charge in [0.1, 0.15) is 0 Å². The van der Waals surface area contributed by atoms with Gasteiger partial charge in [0.15, 0.2) is 5.65 Å². The summed E-state index contributed by atoms with van der Waals surface area (Å²) in [5, 5.41) is 8.48. The van der Waals surface area contributed by atoms with Crippen LogP contribution in [0.4, 0.5) is 5.69 Å². The highest BCUT2D eigenvalue weighted by molar-refractivity contribution is 7.17. The minimum atomic E-state index is -0.122. The molecule has 0 atom stereocenters. The van der Waals surface area contributed by atoms with Gasteiger partial charge in [0, 0.05) is 54.7 Å². The molecule has 4 aromatic rings. The van der Waals surface area contributed by atoms with E-state index in [1.54, 1.807) is 34.3 Å². The van der Waals surface area contributed by atoms with E-state index in [2.05, 4.69) is 44.5 Å². The fourth-order valence-corrected chi connectivity index (χ4v) is 5.17. The maximum Gasteiger partial charge on any atom is 0.350 e. The quantitative estimate of drug-likeness (QED) is 0.425. The summed E-state index contributed by atoms with van der Waals surface area (Å²) in [5.41, 5.74) is 1.88. The lowest BCUT2D eigenvalue weighted by atomic mass is 10.2. The number of aryl methyl sites for hydroxylation is 1. The lowest BCUT2D eigenvalue weighted by Gasteiger charge is -2.36. The fourth-order valence-electron chi connectivity index (χ4n) is 4.20. The van der Waals surface area contributed by atoms with E-state index in [0.717, 1.165) is 45.6 Å². The second-order valence-corrected chi connectivity index (χ2v) is 9.11. The minimum Gasteiger partial charge on any atom is -0.368 e. The van der Waals surface area contributed by atoms with Gasteiger partial charge in [-0.05, 0) is 55.1 Å². The van der Waals surface area contributed by atoms with Crippen LogP contribution in [0.1, 0.15) is 12.8 Å². The van der Waals surface area contributed by atoms with Gasteiger partial charge in [-0.1, -0.05) is 17.7 Å². The molecule has 0 bridgehead atoms. The zero-order chi connectivity index (χ0) is 20.5. The van der Waals surface area contributed by atoms with Crippen LogP contribution in [-0.2, 0) is 6.54 Å². The number of aromatic nitrogens is 3. The summed E-state index contributed by atoms with van der Waals surface area (Å²) in [6, 6.07) is 12.4. The van der Waals surface area contributed by atoms with Gasteiger partial charge >= 0.3 is 5.69 Å². The number of unbranched alkanes of at least 4 members (excludes halogenated alkanes) is 1. The Bertz CT molecular complexity index is 1220. The number of anilines is 1. The summed E-state index contributed by atoms with van der Waals surface area (Å²) < 4.78 is 4.42. The molecule has 4 heterocycles. The molecule has 0 amide bonds. The second kappa shape index (κ2) is 8.41. The van der Waals surface area contributed by atoms with Crippen LogP contribution in [0.3, 0.4) is 0 Å². The fraction of sp³-hybridized carbons (Fsp3) is 0.364. The van der Waals surface area contributed by atoms with E-state index >= 15 is 0 Å². The second-order valence-electron chi connectivity index (χ2n) is 7.73. The zero-order valence-corrected chi connectivity index (χ0v) is 18.3. The van der Waals surface area contributed by atoms with Crippen molar-refractivity contribution in [2.75, 3.05) is 37.6 Å². The molecule has 6 nitrogen and oxygen atoms in total. The van der Waals surface area contributed by atoms with E-state index in [-0.39, 0.29) is 5.69 Å². The molecule has 0 N–H and O–H groups in total. The summed E-state index contributed by atoms with van der Waals surface area (Å²) in [6.45, 7) is 5.96. The van der Waals surface area contributed by atoms with E-state index in [1.165, 1.54) is 20.2 Å². The highest BCUT2D eigenvalue weighted by Gasteiger charge is 2.18. The molecule has 1 aliphatic heterocycles. The van der Waals surface area contributed by atoms with Crippen molar-refractivity contribution in [3.05, 3.63) is 63.5 Å². The Labute approximate surface area is 183 Å². The van der Waals surface area contributed by atoms with E-state index in [0.29, 0.717) is 17.2 Å². The highest BCUT2D eigenvalue weighted by atomic mass is 35.5. The van der Waals surface area contributed by atoms with Gasteiger partial charge in [0.25, 0.3) is 0 Å². The summed E-state index contributed by atoms with van der Waals surface area (Å²) in [7, 11) is 0.